The molecule has 1 atom stereocenters. The molecule has 1 amide bonds. The van der Waals surface area contributed by atoms with Crippen LogP contribution in [0.25, 0.3) is 0 Å². The van der Waals surface area contributed by atoms with Crippen molar-refractivity contribution in [3.8, 4) is 0 Å². The van der Waals surface area contributed by atoms with Crippen molar-refractivity contribution in [3.63, 3.8) is 0 Å². The van der Waals surface area contributed by atoms with Crippen LogP contribution >= 0.6 is 11.6 Å². The van der Waals surface area contributed by atoms with E-state index < -0.39 is 0 Å². The van der Waals surface area contributed by atoms with Crippen molar-refractivity contribution >= 4 is 17.5 Å². The summed E-state index contributed by atoms with van der Waals surface area (Å²) in [4.78, 5) is 14.0. The number of hydrogen-bond acceptors (Lipinski definition) is 2. The highest BCUT2D eigenvalue weighted by molar-refractivity contribution is 6.17. The third-order valence-corrected chi connectivity index (χ3v) is 3.76. The van der Waals surface area contributed by atoms with Crippen molar-refractivity contribution in [2.75, 3.05) is 20.2 Å². The van der Waals surface area contributed by atoms with Gasteiger partial charge in [-0.3, -0.25) is 4.79 Å². The molecule has 1 aliphatic heterocycles. The quantitative estimate of drug-likeness (QED) is 0.794. The third kappa shape index (κ3) is 3.95. The summed E-state index contributed by atoms with van der Waals surface area (Å²) in [6.45, 7) is 1.48. The molecule has 0 bridgehead atoms. The lowest BCUT2D eigenvalue weighted by atomic mass is 10.1. The third-order valence-electron chi connectivity index (χ3n) is 3.45. The molecule has 1 aromatic rings. The van der Waals surface area contributed by atoms with Gasteiger partial charge in [-0.15, -0.1) is 11.6 Å². The minimum absolute atomic E-state index is 0.0373. The summed E-state index contributed by atoms with van der Waals surface area (Å²) in [7, 11) is 1.83. The summed E-state index contributed by atoms with van der Waals surface area (Å²) < 4.78 is 5.66. The number of amides is 1. The van der Waals surface area contributed by atoms with Gasteiger partial charge in [-0.1, -0.05) is 12.1 Å². The molecule has 1 saturated heterocycles. The van der Waals surface area contributed by atoms with Gasteiger partial charge < -0.3 is 9.64 Å². The number of alkyl halides is 1. The van der Waals surface area contributed by atoms with Gasteiger partial charge in [0.1, 0.15) is 0 Å². The van der Waals surface area contributed by atoms with Crippen LogP contribution in [-0.4, -0.2) is 37.1 Å². The van der Waals surface area contributed by atoms with Crippen molar-refractivity contribution in [2.45, 2.75) is 31.2 Å². The molecule has 1 heterocycles. The maximum absolute atomic E-state index is 12.3. The molecule has 0 radical (unpaired) electrons. The number of rotatable bonds is 4. The molecule has 1 aromatic carbocycles. The Labute approximate surface area is 119 Å². The number of likely N-dealkylation sites (N-methyl/N-ethyl adjacent to an activating group) is 1. The maximum atomic E-state index is 12.3. The lowest BCUT2D eigenvalue weighted by Gasteiger charge is -2.27. The Morgan fingerprint density at radius 2 is 2.11 bits per heavy atom. The summed E-state index contributed by atoms with van der Waals surface area (Å²) in [5.74, 6) is 0.510. The fourth-order valence-corrected chi connectivity index (χ4v) is 2.47. The van der Waals surface area contributed by atoms with Gasteiger partial charge in [-0.05, 0) is 37.0 Å². The molecule has 2 rings (SSSR count). The zero-order chi connectivity index (χ0) is 13.7. The molecular formula is C15H20ClNO2. The van der Waals surface area contributed by atoms with Crippen LogP contribution in [0.2, 0.25) is 0 Å². The van der Waals surface area contributed by atoms with Gasteiger partial charge >= 0.3 is 0 Å². The van der Waals surface area contributed by atoms with Gasteiger partial charge in [-0.25, -0.2) is 0 Å². The number of benzene rings is 1. The molecular weight excluding hydrogens is 262 g/mol. The predicted octanol–water partition coefficient (Wildman–Crippen LogP) is 3.07. The highest BCUT2D eigenvalue weighted by atomic mass is 35.5. The Morgan fingerprint density at radius 1 is 1.37 bits per heavy atom. The Hall–Kier alpha value is -1.06. The minimum atomic E-state index is 0.0373. The van der Waals surface area contributed by atoms with E-state index in [1.807, 2.05) is 31.3 Å². The highest BCUT2D eigenvalue weighted by Crippen LogP contribution is 2.15. The summed E-state index contributed by atoms with van der Waals surface area (Å²) in [5, 5.41) is 0. The second-order valence-electron chi connectivity index (χ2n) is 5.00. The second kappa shape index (κ2) is 6.92. The van der Waals surface area contributed by atoms with Crippen LogP contribution < -0.4 is 0 Å². The van der Waals surface area contributed by atoms with E-state index in [0.29, 0.717) is 18.0 Å². The minimum Gasteiger partial charge on any atom is -0.376 e. The average molecular weight is 282 g/mol. The van der Waals surface area contributed by atoms with Gasteiger partial charge in [0.15, 0.2) is 0 Å². The average Bonchev–Trinajstić information content (AvgIpc) is 2.47. The Morgan fingerprint density at radius 3 is 2.68 bits per heavy atom. The molecule has 1 unspecified atom stereocenters. The van der Waals surface area contributed by atoms with Gasteiger partial charge in [0.25, 0.3) is 5.91 Å². The summed E-state index contributed by atoms with van der Waals surface area (Å²) in [6.07, 6.45) is 3.55. The van der Waals surface area contributed by atoms with E-state index in [-0.39, 0.29) is 12.0 Å². The molecule has 1 fully saturated rings. The van der Waals surface area contributed by atoms with Crippen LogP contribution in [0.4, 0.5) is 0 Å². The van der Waals surface area contributed by atoms with Crippen LogP contribution in [0, 0.1) is 0 Å². The van der Waals surface area contributed by atoms with Crippen LogP contribution in [-0.2, 0) is 10.6 Å². The van der Waals surface area contributed by atoms with Crippen molar-refractivity contribution < 1.29 is 9.53 Å². The van der Waals surface area contributed by atoms with Gasteiger partial charge in [0, 0.05) is 31.6 Å². The summed E-state index contributed by atoms with van der Waals surface area (Å²) in [5.41, 5.74) is 1.73. The second-order valence-corrected chi connectivity index (χ2v) is 5.27. The Kier molecular flexibility index (Phi) is 5.23. The van der Waals surface area contributed by atoms with Gasteiger partial charge in [0.05, 0.1) is 6.10 Å². The smallest absolute Gasteiger partial charge is 0.253 e. The van der Waals surface area contributed by atoms with Crippen LogP contribution in [0.5, 0.6) is 0 Å². The molecule has 0 aromatic heterocycles. The molecule has 1 aliphatic rings. The largest absolute Gasteiger partial charge is 0.376 e. The SMILES string of the molecule is CN(CC1CCCCO1)C(=O)c1ccc(CCl)cc1. The fraction of sp³-hybridized carbons (Fsp3) is 0.533. The molecule has 0 N–H and O–H groups in total. The van der Waals surface area contributed by atoms with Crippen LogP contribution in [0.15, 0.2) is 24.3 Å². The highest BCUT2D eigenvalue weighted by Gasteiger charge is 2.19. The predicted molar refractivity (Wildman–Crippen MR) is 76.6 cm³/mol. The number of carbonyl (C=O) groups excluding carboxylic acids is 1. The Bertz CT molecular complexity index is 413. The normalized spacial score (nSPS) is 19.2. The van der Waals surface area contributed by atoms with Crippen molar-refractivity contribution in [2.24, 2.45) is 0 Å². The zero-order valence-electron chi connectivity index (χ0n) is 11.3. The van der Waals surface area contributed by atoms with Crippen molar-refractivity contribution in [1.29, 1.82) is 0 Å². The molecule has 19 heavy (non-hydrogen) atoms. The first-order chi connectivity index (χ1) is 9.20. The summed E-state index contributed by atoms with van der Waals surface area (Å²) in [6, 6.07) is 7.45. The van der Waals surface area contributed by atoms with Crippen LogP contribution in [0.1, 0.15) is 35.2 Å². The lowest BCUT2D eigenvalue weighted by Crippen LogP contribution is -2.37. The topological polar surface area (TPSA) is 29.5 Å². The number of nitrogens with zero attached hydrogens (tertiary/aromatic N) is 1. The first kappa shape index (κ1) is 14.4. The van der Waals surface area contributed by atoms with Crippen LogP contribution in [0.3, 0.4) is 0 Å². The summed E-state index contributed by atoms with van der Waals surface area (Å²) >= 11 is 5.74. The van der Waals surface area contributed by atoms with E-state index in [1.54, 1.807) is 4.90 Å². The Balaban J connectivity index is 1.93. The molecule has 0 aliphatic carbocycles. The first-order valence-electron chi connectivity index (χ1n) is 6.72. The molecule has 0 spiro atoms. The number of halogens is 1. The van der Waals surface area contributed by atoms with E-state index in [0.717, 1.165) is 25.0 Å². The zero-order valence-corrected chi connectivity index (χ0v) is 12.0. The van der Waals surface area contributed by atoms with E-state index >= 15 is 0 Å². The number of hydrogen-bond donors (Lipinski definition) is 0. The van der Waals surface area contributed by atoms with Crippen molar-refractivity contribution in [3.05, 3.63) is 35.4 Å². The number of carbonyl (C=O) groups is 1. The van der Waals surface area contributed by atoms with E-state index in [9.17, 15) is 4.79 Å². The monoisotopic (exact) mass is 281 g/mol. The van der Waals surface area contributed by atoms with E-state index in [4.69, 9.17) is 16.3 Å². The molecule has 104 valence electrons. The van der Waals surface area contributed by atoms with Gasteiger partial charge in [-0.2, -0.15) is 0 Å². The molecule has 3 nitrogen and oxygen atoms in total. The van der Waals surface area contributed by atoms with E-state index in [1.165, 1.54) is 6.42 Å². The fourth-order valence-electron chi connectivity index (χ4n) is 2.30. The van der Waals surface area contributed by atoms with Crippen molar-refractivity contribution in [1.82, 2.24) is 4.90 Å². The first-order valence-corrected chi connectivity index (χ1v) is 7.26. The molecule has 4 heteroatoms. The number of ether oxygens (including phenoxy) is 1. The lowest BCUT2D eigenvalue weighted by molar-refractivity contribution is -0.000187. The maximum Gasteiger partial charge on any atom is 0.253 e. The van der Waals surface area contributed by atoms with Gasteiger partial charge in [0.2, 0.25) is 0 Å². The van der Waals surface area contributed by atoms with E-state index in [2.05, 4.69) is 0 Å². The standard InChI is InChI=1S/C15H20ClNO2/c1-17(11-14-4-2-3-9-19-14)15(18)13-7-5-12(10-16)6-8-13/h5-8,14H,2-4,9-11H2,1H3. The molecule has 0 saturated carbocycles.